The maximum Gasteiger partial charge on any atom is 0.326 e. The van der Waals surface area contributed by atoms with E-state index < -0.39 is 0 Å². The Balaban J connectivity index is 0.00000169. The van der Waals surface area contributed by atoms with Crippen molar-refractivity contribution in [1.29, 1.82) is 0 Å². The number of para-hydroxylation sites is 2. The van der Waals surface area contributed by atoms with Gasteiger partial charge in [0.1, 0.15) is 0 Å². The fraction of sp³-hybridized carbons (Fsp3) is 0.529. The molecular formula is C17H23ClN4O2. The van der Waals surface area contributed by atoms with Crippen molar-refractivity contribution in [3.05, 3.63) is 34.7 Å². The zero-order valence-electron chi connectivity index (χ0n) is 13.5. The molecule has 2 saturated heterocycles. The highest BCUT2D eigenvalue weighted by Gasteiger charge is 2.31. The van der Waals surface area contributed by atoms with E-state index >= 15 is 0 Å². The number of H-pyrrole nitrogens is 1. The van der Waals surface area contributed by atoms with Gasteiger partial charge in [-0.1, -0.05) is 12.1 Å². The van der Waals surface area contributed by atoms with E-state index in [0.717, 1.165) is 56.5 Å². The van der Waals surface area contributed by atoms with Crippen molar-refractivity contribution in [3.63, 3.8) is 0 Å². The first-order valence-electron chi connectivity index (χ1n) is 8.43. The topological polar surface area (TPSA) is 70.1 Å². The van der Waals surface area contributed by atoms with Gasteiger partial charge in [0.15, 0.2) is 0 Å². The number of rotatable bonds is 2. The van der Waals surface area contributed by atoms with E-state index in [9.17, 15) is 9.59 Å². The zero-order chi connectivity index (χ0) is 15.8. The second-order valence-electron chi connectivity index (χ2n) is 6.56. The fourth-order valence-corrected chi connectivity index (χ4v) is 3.90. The SMILES string of the molecule is Cl.O=C(C1CCNC1)N1CCC(n2c(=O)[nH]c3ccccc32)CC1. The molecule has 2 N–H and O–H groups in total. The van der Waals surface area contributed by atoms with Crippen molar-refractivity contribution < 1.29 is 4.79 Å². The molecule has 1 amide bonds. The van der Waals surface area contributed by atoms with Crippen LogP contribution in [0.3, 0.4) is 0 Å². The van der Waals surface area contributed by atoms with Crippen LogP contribution in [0.4, 0.5) is 0 Å². The highest BCUT2D eigenvalue weighted by Crippen LogP contribution is 2.26. The number of imidazole rings is 1. The zero-order valence-corrected chi connectivity index (χ0v) is 14.3. The molecule has 1 atom stereocenters. The Morgan fingerprint density at radius 3 is 2.58 bits per heavy atom. The van der Waals surface area contributed by atoms with Crippen LogP contribution >= 0.6 is 12.4 Å². The Morgan fingerprint density at radius 1 is 1.12 bits per heavy atom. The first-order valence-corrected chi connectivity index (χ1v) is 8.43. The summed E-state index contributed by atoms with van der Waals surface area (Å²) in [7, 11) is 0. The molecular weight excluding hydrogens is 328 g/mol. The van der Waals surface area contributed by atoms with Crippen LogP contribution in [-0.4, -0.2) is 46.5 Å². The van der Waals surface area contributed by atoms with Gasteiger partial charge in [-0.15, -0.1) is 12.4 Å². The van der Waals surface area contributed by atoms with Gasteiger partial charge in [0.05, 0.1) is 17.0 Å². The van der Waals surface area contributed by atoms with Gasteiger partial charge in [-0.3, -0.25) is 9.36 Å². The number of amides is 1. The third kappa shape index (κ3) is 2.96. The maximum atomic E-state index is 12.5. The molecule has 1 aromatic heterocycles. The first kappa shape index (κ1) is 17.0. The molecule has 24 heavy (non-hydrogen) atoms. The summed E-state index contributed by atoms with van der Waals surface area (Å²) < 4.78 is 1.87. The van der Waals surface area contributed by atoms with Gasteiger partial charge >= 0.3 is 5.69 Å². The summed E-state index contributed by atoms with van der Waals surface area (Å²) in [5, 5.41) is 3.25. The van der Waals surface area contributed by atoms with Gasteiger partial charge in [0.25, 0.3) is 0 Å². The Morgan fingerprint density at radius 2 is 1.88 bits per heavy atom. The molecule has 2 aliphatic rings. The van der Waals surface area contributed by atoms with Crippen molar-refractivity contribution in [2.75, 3.05) is 26.2 Å². The molecule has 4 rings (SSSR count). The molecule has 0 spiro atoms. The lowest BCUT2D eigenvalue weighted by Crippen LogP contribution is -2.43. The van der Waals surface area contributed by atoms with E-state index in [1.54, 1.807) is 0 Å². The lowest BCUT2D eigenvalue weighted by Gasteiger charge is -2.34. The molecule has 0 bridgehead atoms. The lowest BCUT2D eigenvalue weighted by atomic mass is 10.0. The Hall–Kier alpha value is -1.79. The fourth-order valence-electron chi connectivity index (χ4n) is 3.90. The van der Waals surface area contributed by atoms with Crippen molar-refractivity contribution in [3.8, 4) is 0 Å². The van der Waals surface area contributed by atoms with E-state index in [0.29, 0.717) is 0 Å². The summed E-state index contributed by atoms with van der Waals surface area (Å²) in [6.45, 7) is 3.23. The number of aromatic nitrogens is 2. The van der Waals surface area contributed by atoms with Crippen LogP contribution in [0.5, 0.6) is 0 Å². The summed E-state index contributed by atoms with van der Waals surface area (Å²) in [4.78, 5) is 29.7. The first-order chi connectivity index (χ1) is 11.2. The highest BCUT2D eigenvalue weighted by molar-refractivity contribution is 5.85. The molecule has 2 aromatic rings. The largest absolute Gasteiger partial charge is 0.342 e. The Bertz CT molecular complexity index is 770. The molecule has 130 valence electrons. The molecule has 1 aromatic carbocycles. The minimum Gasteiger partial charge on any atom is -0.342 e. The number of hydrogen-bond acceptors (Lipinski definition) is 3. The summed E-state index contributed by atoms with van der Waals surface area (Å²) >= 11 is 0. The van der Waals surface area contributed by atoms with Crippen LogP contribution in [0.2, 0.25) is 0 Å². The Labute approximate surface area is 146 Å². The number of likely N-dealkylation sites (tertiary alicyclic amines) is 1. The third-order valence-electron chi connectivity index (χ3n) is 5.17. The number of nitrogens with one attached hydrogen (secondary N) is 2. The van der Waals surface area contributed by atoms with E-state index in [4.69, 9.17) is 0 Å². The minimum absolute atomic E-state index is 0. The summed E-state index contributed by atoms with van der Waals surface area (Å²) in [5.41, 5.74) is 1.80. The number of piperidine rings is 1. The van der Waals surface area contributed by atoms with Crippen LogP contribution < -0.4 is 11.0 Å². The van der Waals surface area contributed by atoms with Gasteiger partial charge in [0.2, 0.25) is 5.91 Å². The van der Waals surface area contributed by atoms with Gasteiger partial charge in [-0.25, -0.2) is 4.79 Å². The van der Waals surface area contributed by atoms with Gasteiger partial charge < -0.3 is 15.2 Å². The number of nitrogens with zero attached hydrogens (tertiary/aromatic N) is 2. The predicted molar refractivity (Wildman–Crippen MR) is 95.6 cm³/mol. The molecule has 0 radical (unpaired) electrons. The summed E-state index contributed by atoms with van der Waals surface area (Å²) in [6, 6.07) is 7.97. The normalized spacial score (nSPS) is 21.8. The van der Waals surface area contributed by atoms with E-state index in [1.807, 2.05) is 33.7 Å². The molecule has 2 fully saturated rings. The summed E-state index contributed by atoms with van der Waals surface area (Å²) in [6.07, 6.45) is 2.63. The van der Waals surface area contributed by atoms with E-state index in [2.05, 4.69) is 10.3 Å². The number of benzene rings is 1. The van der Waals surface area contributed by atoms with E-state index in [1.165, 1.54) is 0 Å². The second-order valence-corrected chi connectivity index (χ2v) is 6.56. The van der Waals surface area contributed by atoms with Gasteiger partial charge in [-0.05, 0) is 37.9 Å². The smallest absolute Gasteiger partial charge is 0.326 e. The molecule has 2 aliphatic heterocycles. The highest BCUT2D eigenvalue weighted by atomic mass is 35.5. The monoisotopic (exact) mass is 350 g/mol. The van der Waals surface area contributed by atoms with E-state index in [-0.39, 0.29) is 36.0 Å². The number of carbonyl (C=O) groups is 1. The van der Waals surface area contributed by atoms with Crippen LogP contribution in [0.15, 0.2) is 29.1 Å². The molecule has 0 aliphatic carbocycles. The average molecular weight is 351 g/mol. The third-order valence-corrected chi connectivity index (χ3v) is 5.17. The van der Waals surface area contributed by atoms with Crippen LogP contribution in [0, 0.1) is 5.92 Å². The number of fused-ring (bicyclic) bond motifs is 1. The minimum atomic E-state index is -0.0454. The quantitative estimate of drug-likeness (QED) is 0.862. The predicted octanol–water partition coefficient (Wildman–Crippen LogP) is 1.52. The van der Waals surface area contributed by atoms with Crippen molar-refractivity contribution in [1.82, 2.24) is 19.8 Å². The van der Waals surface area contributed by atoms with Crippen molar-refractivity contribution in [2.45, 2.75) is 25.3 Å². The van der Waals surface area contributed by atoms with Crippen molar-refractivity contribution >= 4 is 29.3 Å². The summed E-state index contributed by atoms with van der Waals surface area (Å²) in [5.74, 6) is 0.419. The molecule has 0 saturated carbocycles. The lowest BCUT2D eigenvalue weighted by molar-refractivity contribution is -0.136. The standard InChI is InChI=1S/C17H22N4O2.ClH/c22-16(12-5-8-18-11-12)20-9-6-13(7-10-20)21-15-4-2-1-3-14(15)19-17(21)23;/h1-4,12-13,18H,5-11H2,(H,19,23);1H. The van der Waals surface area contributed by atoms with Crippen LogP contribution in [-0.2, 0) is 4.79 Å². The average Bonchev–Trinajstić information content (AvgIpc) is 3.21. The number of carbonyl (C=O) groups excluding carboxylic acids is 1. The second kappa shape index (κ2) is 6.99. The maximum absolute atomic E-state index is 12.5. The van der Waals surface area contributed by atoms with Crippen LogP contribution in [0.25, 0.3) is 11.0 Å². The number of hydrogen-bond donors (Lipinski definition) is 2. The number of aromatic amines is 1. The van der Waals surface area contributed by atoms with Gasteiger partial charge in [-0.2, -0.15) is 0 Å². The van der Waals surface area contributed by atoms with Crippen molar-refractivity contribution in [2.24, 2.45) is 5.92 Å². The molecule has 3 heterocycles. The molecule has 6 nitrogen and oxygen atoms in total. The van der Waals surface area contributed by atoms with Gasteiger partial charge in [0, 0.05) is 25.7 Å². The Kier molecular flexibility index (Phi) is 4.96. The van der Waals surface area contributed by atoms with Crippen LogP contribution in [0.1, 0.15) is 25.3 Å². The molecule has 7 heteroatoms. The molecule has 1 unspecified atom stereocenters. The number of halogens is 1.